The summed E-state index contributed by atoms with van der Waals surface area (Å²) in [7, 11) is 1.33. The molecule has 0 amide bonds. The zero-order chi connectivity index (χ0) is 27.1. The average Bonchev–Trinajstić information content (AvgIpc) is 3.18. The lowest BCUT2D eigenvalue weighted by Gasteiger charge is -2.29. The van der Waals surface area contributed by atoms with Gasteiger partial charge in [0.1, 0.15) is 12.4 Å². The van der Waals surface area contributed by atoms with E-state index in [-0.39, 0.29) is 18.1 Å². The van der Waals surface area contributed by atoms with Crippen molar-refractivity contribution in [2.45, 2.75) is 19.4 Å². The van der Waals surface area contributed by atoms with Crippen molar-refractivity contribution < 1.29 is 24.0 Å². The molecule has 0 radical (unpaired) electrons. The van der Waals surface area contributed by atoms with Crippen LogP contribution in [0.3, 0.4) is 0 Å². The van der Waals surface area contributed by atoms with Crippen LogP contribution in [0.25, 0.3) is 5.70 Å². The van der Waals surface area contributed by atoms with Crippen LogP contribution in [0.4, 0.5) is 5.69 Å². The molecule has 1 aliphatic heterocycles. The molecule has 1 heterocycles. The van der Waals surface area contributed by atoms with Gasteiger partial charge in [-0.3, -0.25) is 14.9 Å². The fourth-order valence-electron chi connectivity index (χ4n) is 4.84. The molecule has 3 aromatic carbocycles. The number of hydrogen-bond acceptors (Lipinski definition) is 7. The van der Waals surface area contributed by atoms with E-state index in [4.69, 9.17) is 9.47 Å². The number of ketones is 1. The second-order valence-corrected chi connectivity index (χ2v) is 11.1. The van der Waals surface area contributed by atoms with Gasteiger partial charge < -0.3 is 14.8 Å². The number of hydrogen-bond donors (Lipinski definition) is 1. The first-order valence-corrected chi connectivity index (χ1v) is 13.7. The minimum atomic E-state index is -0.633. The fraction of sp³-hybridized carbons (Fsp3) is 0.143. The van der Waals surface area contributed by atoms with Gasteiger partial charge in [0.2, 0.25) is 0 Å². The van der Waals surface area contributed by atoms with E-state index in [1.165, 1.54) is 19.2 Å². The van der Waals surface area contributed by atoms with E-state index in [9.17, 15) is 19.7 Å². The Hall–Kier alpha value is -3.26. The number of allylic oxidation sites excluding steroid dienone is 2. The summed E-state index contributed by atoms with van der Waals surface area (Å²) in [6.45, 7) is 1.96. The molecule has 0 saturated heterocycles. The molecule has 1 N–H and O–H groups in total. The van der Waals surface area contributed by atoms with E-state index >= 15 is 0 Å². The molecule has 1 aliphatic carbocycles. The molecule has 1 atom stereocenters. The van der Waals surface area contributed by atoms with Gasteiger partial charge in [-0.15, -0.1) is 0 Å². The summed E-state index contributed by atoms with van der Waals surface area (Å²) in [6.07, 6.45) is 0. The van der Waals surface area contributed by atoms with E-state index in [0.717, 1.165) is 18.3 Å². The molecule has 0 fully saturated rings. The van der Waals surface area contributed by atoms with Crippen LogP contribution in [0.15, 0.2) is 77.5 Å². The lowest BCUT2D eigenvalue weighted by atomic mass is 9.80. The molecular weight excluding hydrogens is 714 g/mol. The van der Waals surface area contributed by atoms with Crippen molar-refractivity contribution in [2.75, 3.05) is 7.11 Å². The van der Waals surface area contributed by atoms with E-state index in [1.807, 2.05) is 30.3 Å². The largest absolute Gasteiger partial charge is 0.487 e. The van der Waals surface area contributed by atoms with Gasteiger partial charge in [0.15, 0.2) is 5.78 Å². The van der Waals surface area contributed by atoms with Gasteiger partial charge in [-0.1, -0.05) is 36.4 Å². The summed E-state index contributed by atoms with van der Waals surface area (Å²) in [5, 5.41) is 14.4. The third kappa shape index (κ3) is 4.59. The molecule has 0 unspecified atom stereocenters. The van der Waals surface area contributed by atoms with Crippen molar-refractivity contribution in [1.82, 2.24) is 5.32 Å². The Balaban J connectivity index is 1.55. The van der Waals surface area contributed by atoms with Crippen LogP contribution in [0.1, 0.15) is 39.9 Å². The Morgan fingerprint density at radius 1 is 1.05 bits per heavy atom. The smallest absolute Gasteiger partial charge is 0.336 e. The SMILES string of the molecule is COC(=O)C1=C(C)NC2=C(C(=O)c3ccccc32)[C@H]1c1cc(I)c(OCc2cccc([N+](=O)[O-])c2)c(I)c1. The van der Waals surface area contributed by atoms with Crippen LogP contribution >= 0.6 is 45.2 Å². The Bertz CT molecular complexity index is 1570. The summed E-state index contributed by atoms with van der Waals surface area (Å²) in [5.74, 6) is -0.651. The molecule has 38 heavy (non-hydrogen) atoms. The Kier molecular flexibility index (Phi) is 7.27. The maximum absolute atomic E-state index is 13.6. The zero-order valence-electron chi connectivity index (χ0n) is 20.2. The maximum Gasteiger partial charge on any atom is 0.336 e. The lowest BCUT2D eigenvalue weighted by molar-refractivity contribution is -0.384. The van der Waals surface area contributed by atoms with Gasteiger partial charge >= 0.3 is 5.97 Å². The molecule has 0 spiro atoms. The second-order valence-electron chi connectivity index (χ2n) is 8.78. The normalized spacial score (nSPS) is 16.1. The van der Waals surface area contributed by atoms with Crippen molar-refractivity contribution in [3.63, 3.8) is 0 Å². The molecule has 10 heteroatoms. The third-order valence-electron chi connectivity index (χ3n) is 6.51. The second kappa shape index (κ2) is 10.5. The van der Waals surface area contributed by atoms with Gasteiger partial charge in [-0.2, -0.15) is 0 Å². The summed E-state index contributed by atoms with van der Waals surface area (Å²) in [5.41, 5.74) is 5.05. The monoisotopic (exact) mass is 734 g/mol. The van der Waals surface area contributed by atoms with Crippen LogP contribution < -0.4 is 10.1 Å². The van der Waals surface area contributed by atoms with Crippen molar-refractivity contribution in [3.05, 3.63) is 117 Å². The number of rotatable bonds is 6. The highest BCUT2D eigenvalue weighted by Crippen LogP contribution is 2.48. The van der Waals surface area contributed by atoms with Crippen molar-refractivity contribution in [3.8, 4) is 5.75 Å². The van der Waals surface area contributed by atoms with Crippen molar-refractivity contribution in [1.29, 1.82) is 0 Å². The Morgan fingerprint density at radius 2 is 1.74 bits per heavy atom. The number of methoxy groups -OCH3 is 1. The number of esters is 1. The van der Waals surface area contributed by atoms with Crippen LogP contribution in [0, 0.1) is 17.3 Å². The first-order chi connectivity index (χ1) is 18.2. The number of nitrogens with zero attached hydrogens (tertiary/aromatic N) is 1. The molecule has 192 valence electrons. The molecule has 0 saturated carbocycles. The topological polar surface area (TPSA) is 108 Å². The summed E-state index contributed by atoms with van der Waals surface area (Å²) < 4.78 is 12.8. The Morgan fingerprint density at radius 3 is 2.39 bits per heavy atom. The Labute approximate surface area is 245 Å². The quantitative estimate of drug-likeness (QED) is 0.141. The van der Waals surface area contributed by atoms with E-state index in [0.29, 0.717) is 39.4 Å². The van der Waals surface area contributed by atoms with Crippen LogP contribution in [-0.4, -0.2) is 23.8 Å². The zero-order valence-corrected chi connectivity index (χ0v) is 24.5. The van der Waals surface area contributed by atoms with Gasteiger partial charge in [0, 0.05) is 40.4 Å². The number of ether oxygens (including phenoxy) is 2. The number of non-ortho nitro benzene ring substituents is 1. The number of nitro groups is 1. The summed E-state index contributed by atoms with van der Waals surface area (Å²) in [4.78, 5) is 37.2. The van der Waals surface area contributed by atoms with Crippen molar-refractivity contribution in [2.24, 2.45) is 0 Å². The molecule has 8 nitrogen and oxygen atoms in total. The minimum absolute atomic E-state index is 0.000512. The molecule has 2 aliphatic rings. The number of nitrogens with one attached hydrogen (secondary N) is 1. The molecule has 5 rings (SSSR count). The number of carbonyl (C=O) groups excluding carboxylic acids is 2. The van der Waals surface area contributed by atoms with Gasteiger partial charge in [-0.05, 0) is 75.4 Å². The summed E-state index contributed by atoms with van der Waals surface area (Å²) >= 11 is 4.33. The van der Waals surface area contributed by atoms with Crippen LogP contribution in [0.2, 0.25) is 0 Å². The predicted octanol–water partition coefficient (Wildman–Crippen LogP) is 6.12. The van der Waals surface area contributed by atoms with Gasteiger partial charge in [0.25, 0.3) is 5.69 Å². The fourth-order valence-corrected chi connectivity index (χ4v) is 6.97. The highest BCUT2D eigenvalue weighted by molar-refractivity contribution is 14.1. The maximum atomic E-state index is 13.6. The third-order valence-corrected chi connectivity index (χ3v) is 8.12. The number of benzene rings is 3. The van der Waals surface area contributed by atoms with Crippen molar-refractivity contribution >= 4 is 68.3 Å². The van der Waals surface area contributed by atoms with E-state index in [1.54, 1.807) is 25.1 Å². The van der Waals surface area contributed by atoms with Gasteiger partial charge in [0.05, 0.1) is 30.4 Å². The van der Waals surface area contributed by atoms with E-state index < -0.39 is 16.8 Å². The predicted molar refractivity (Wildman–Crippen MR) is 158 cm³/mol. The number of halogens is 2. The lowest BCUT2D eigenvalue weighted by Crippen LogP contribution is -2.29. The first-order valence-electron chi connectivity index (χ1n) is 11.5. The molecule has 0 bridgehead atoms. The highest BCUT2D eigenvalue weighted by Gasteiger charge is 2.43. The molecule has 0 aromatic heterocycles. The number of fused-ring (bicyclic) bond motifs is 2. The average molecular weight is 734 g/mol. The molecule has 3 aromatic rings. The number of dihydropyridines is 1. The minimum Gasteiger partial charge on any atom is -0.487 e. The number of nitro benzene ring substituents is 1. The van der Waals surface area contributed by atoms with Crippen LogP contribution in [0.5, 0.6) is 5.75 Å². The van der Waals surface area contributed by atoms with Gasteiger partial charge in [-0.25, -0.2) is 4.79 Å². The first kappa shape index (κ1) is 26.4. The summed E-state index contributed by atoms with van der Waals surface area (Å²) in [6, 6.07) is 17.5. The van der Waals surface area contributed by atoms with Crippen LogP contribution in [-0.2, 0) is 16.1 Å². The highest BCUT2D eigenvalue weighted by atomic mass is 127. The standard InChI is InChI=1S/C28H20I2N2O6/c1-14-22(28(34)37-2)23(24-25(31-14)18-8-3-4-9-19(18)26(24)33)16-11-20(29)27(21(30)12-16)38-13-15-6-5-7-17(10-15)32(35)36/h3-12,23,31H,13H2,1-2H3/t23-/m0/s1. The number of Topliss-reactive ketones (excluding diaryl/α,β-unsaturated/α-hetero) is 1. The van der Waals surface area contributed by atoms with E-state index in [2.05, 4.69) is 50.5 Å². The number of carbonyl (C=O) groups is 2. The molecular formula is C28H20I2N2O6.